The van der Waals surface area contributed by atoms with Gasteiger partial charge in [0.1, 0.15) is 17.1 Å². The number of hydrogen-bond acceptors (Lipinski definition) is 14. The van der Waals surface area contributed by atoms with E-state index in [0.717, 1.165) is 32.8 Å². The minimum absolute atomic E-state index is 0.0729. The Hall–Kier alpha value is -2.86. The molecule has 0 aromatic carbocycles. The number of nitrogen functional groups attached to an aromatic ring is 1. The van der Waals surface area contributed by atoms with Crippen molar-refractivity contribution in [3.8, 4) is 0 Å². The maximum atomic E-state index is 12.9. The van der Waals surface area contributed by atoms with E-state index in [1.54, 1.807) is 24.0 Å². The summed E-state index contributed by atoms with van der Waals surface area (Å²) < 4.78 is 3.83. The summed E-state index contributed by atoms with van der Waals surface area (Å²) in [6.07, 6.45) is 1.67. The van der Waals surface area contributed by atoms with Gasteiger partial charge in [-0.15, -0.1) is 11.8 Å². The van der Waals surface area contributed by atoms with E-state index < -0.39 is 34.9 Å². The van der Waals surface area contributed by atoms with Gasteiger partial charge in [-0.05, 0) is 12.1 Å². The van der Waals surface area contributed by atoms with Gasteiger partial charge in [-0.2, -0.15) is 21.1 Å². The number of thioether (sulfide) groups is 3. The monoisotopic (exact) mass is 568 g/mol. The first-order valence-corrected chi connectivity index (χ1v) is 14.1. The van der Waals surface area contributed by atoms with Crippen LogP contribution in [-0.2, 0) is 20.1 Å². The van der Waals surface area contributed by atoms with Crippen LogP contribution in [-0.4, -0.2) is 82.5 Å². The van der Waals surface area contributed by atoms with Gasteiger partial charge in [-0.1, -0.05) is 16.9 Å². The molecule has 0 unspecified atom stereocenters. The minimum Gasteiger partial charge on any atom is -0.477 e. The molecule has 2 aliphatic rings. The number of carboxylic acids is 1. The molecule has 1 saturated heterocycles. The fraction of sp³-hybridized carbons (Fsp3) is 0.316. The molecule has 2 aliphatic heterocycles. The van der Waals surface area contributed by atoms with Crippen LogP contribution < -0.4 is 16.8 Å². The van der Waals surface area contributed by atoms with E-state index in [2.05, 4.69) is 24.8 Å². The van der Waals surface area contributed by atoms with Crippen LogP contribution in [0.5, 0.6) is 0 Å². The molecule has 1 fully saturated rings. The molecule has 4 heterocycles. The molecule has 0 saturated carbocycles. The molecule has 36 heavy (non-hydrogen) atoms. The van der Waals surface area contributed by atoms with Crippen molar-refractivity contribution < 1.29 is 24.7 Å². The maximum Gasteiger partial charge on any atom is 0.353 e. The standard InChI is InChI=1S/C19H20N8O5S4/c20-3-5-33-6-8-9(2-1-4-22-8)35-10-7-34-17-12(16(29)27(17)13(10)18(30)31)23-15(28)11(25-32)14-24-19(21)36-26-14/h1-2,4,12,17,32H,3,5-7,20H2,(H,23,28)(H,30,31)(H2,21,24,26)/b25-11+/t12-,17-/m1/s1. The predicted octanol–water partition coefficient (Wildman–Crippen LogP) is 0.374. The van der Waals surface area contributed by atoms with Crippen molar-refractivity contribution in [1.29, 1.82) is 0 Å². The van der Waals surface area contributed by atoms with Crippen LogP contribution in [0.15, 0.2) is 39.0 Å². The highest BCUT2D eigenvalue weighted by molar-refractivity contribution is 8.06. The normalized spacial score (nSPS) is 19.6. The molecule has 2 aromatic heterocycles. The summed E-state index contributed by atoms with van der Waals surface area (Å²) in [6, 6.07) is 2.61. The zero-order valence-corrected chi connectivity index (χ0v) is 21.6. The van der Waals surface area contributed by atoms with E-state index in [0.29, 0.717) is 23.0 Å². The molecule has 13 nitrogen and oxygen atoms in total. The zero-order valence-electron chi connectivity index (χ0n) is 18.4. The van der Waals surface area contributed by atoms with Gasteiger partial charge in [0, 0.05) is 51.3 Å². The molecule has 2 amide bonds. The number of nitrogens with two attached hydrogens (primary N) is 2. The van der Waals surface area contributed by atoms with E-state index in [9.17, 15) is 24.7 Å². The Labute approximate surface area is 221 Å². The first kappa shape index (κ1) is 26.2. The van der Waals surface area contributed by atoms with Gasteiger partial charge in [-0.3, -0.25) is 19.5 Å². The molecular formula is C19H20N8O5S4. The summed E-state index contributed by atoms with van der Waals surface area (Å²) in [5.74, 6) is -1.21. The van der Waals surface area contributed by atoms with Crippen LogP contribution in [0.4, 0.5) is 5.13 Å². The average Bonchev–Trinajstić information content (AvgIpc) is 3.29. The lowest BCUT2D eigenvalue weighted by Gasteiger charge is -2.49. The van der Waals surface area contributed by atoms with E-state index in [-0.39, 0.29) is 16.7 Å². The molecule has 2 aromatic rings. The first-order valence-electron chi connectivity index (χ1n) is 10.3. The van der Waals surface area contributed by atoms with Crippen LogP contribution in [0.1, 0.15) is 11.5 Å². The highest BCUT2D eigenvalue weighted by Crippen LogP contribution is 2.45. The Morgan fingerprint density at radius 3 is 2.86 bits per heavy atom. The summed E-state index contributed by atoms with van der Waals surface area (Å²) in [5, 5.41) is 24.0. The second-order valence-corrected chi connectivity index (χ2v) is 11.4. The fourth-order valence-electron chi connectivity index (χ4n) is 3.41. The Morgan fingerprint density at radius 1 is 1.39 bits per heavy atom. The van der Waals surface area contributed by atoms with Gasteiger partial charge in [0.25, 0.3) is 11.8 Å². The number of rotatable bonds is 10. The summed E-state index contributed by atoms with van der Waals surface area (Å²) >= 11 is 5.02. The van der Waals surface area contributed by atoms with Gasteiger partial charge in [-0.25, -0.2) is 4.79 Å². The number of aromatic nitrogens is 3. The lowest BCUT2D eigenvalue weighted by atomic mass is 10.0. The number of oxime groups is 1. The maximum absolute atomic E-state index is 12.9. The SMILES string of the molecule is NCCSCc1ncccc1SC1=C(C(=O)O)N2C(=O)[C@@H](NC(=O)/C(=N/O)c3nsc(N)n3)[C@H]2SC1. The van der Waals surface area contributed by atoms with E-state index in [1.165, 1.54) is 23.5 Å². The molecule has 0 radical (unpaired) electrons. The number of nitrogens with zero attached hydrogens (tertiary/aromatic N) is 5. The Balaban J connectivity index is 1.51. The number of nitrogens with one attached hydrogen (secondary N) is 1. The topological polar surface area (TPSA) is 210 Å². The highest BCUT2D eigenvalue weighted by Gasteiger charge is 2.54. The lowest BCUT2D eigenvalue weighted by molar-refractivity contribution is -0.150. The van der Waals surface area contributed by atoms with Crippen LogP contribution in [0.25, 0.3) is 0 Å². The van der Waals surface area contributed by atoms with Crippen molar-refractivity contribution in [2.75, 3.05) is 23.8 Å². The van der Waals surface area contributed by atoms with Gasteiger partial charge < -0.3 is 27.1 Å². The van der Waals surface area contributed by atoms with Crippen LogP contribution in [0.3, 0.4) is 0 Å². The largest absolute Gasteiger partial charge is 0.477 e. The van der Waals surface area contributed by atoms with Crippen molar-refractivity contribution >= 4 is 75.4 Å². The number of carboxylic acid groups (broad SMARTS) is 1. The van der Waals surface area contributed by atoms with Crippen molar-refractivity contribution in [3.05, 3.63) is 40.5 Å². The van der Waals surface area contributed by atoms with Crippen LogP contribution in [0, 0.1) is 0 Å². The molecular weight excluding hydrogens is 549 g/mol. The molecule has 4 rings (SSSR count). The second-order valence-electron chi connectivity index (χ2n) is 7.23. The smallest absolute Gasteiger partial charge is 0.353 e. The molecule has 190 valence electrons. The summed E-state index contributed by atoms with van der Waals surface area (Å²) in [6.45, 7) is 0.543. The van der Waals surface area contributed by atoms with E-state index in [4.69, 9.17) is 11.5 Å². The number of fused-ring (bicyclic) bond motifs is 1. The molecule has 17 heteroatoms. The first-order chi connectivity index (χ1) is 17.3. The quantitative estimate of drug-likeness (QED) is 0.0863. The number of carbonyl (C=O) groups is 3. The number of aliphatic carboxylic acids is 1. The summed E-state index contributed by atoms with van der Waals surface area (Å²) in [5.41, 5.74) is 11.2. The minimum atomic E-state index is -1.25. The third kappa shape index (κ3) is 5.29. The number of pyridine rings is 1. The lowest BCUT2D eigenvalue weighted by Crippen LogP contribution is -2.71. The highest BCUT2D eigenvalue weighted by atomic mass is 32.2. The molecule has 0 spiro atoms. The van der Waals surface area contributed by atoms with Gasteiger partial charge in [0.15, 0.2) is 5.13 Å². The van der Waals surface area contributed by atoms with Gasteiger partial charge in [0.05, 0.1) is 5.69 Å². The number of carbonyl (C=O) groups excluding carboxylic acids is 2. The van der Waals surface area contributed by atoms with Gasteiger partial charge >= 0.3 is 5.97 Å². The number of hydrogen-bond donors (Lipinski definition) is 5. The van der Waals surface area contributed by atoms with Crippen LogP contribution in [0.2, 0.25) is 0 Å². The summed E-state index contributed by atoms with van der Waals surface area (Å²) in [7, 11) is 0. The van der Waals surface area contributed by atoms with Crippen LogP contribution >= 0.6 is 46.8 Å². The Morgan fingerprint density at radius 2 is 2.19 bits per heavy atom. The Kier molecular flexibility index (Phi) is 8.35. The molecule has 0 aliphatic carbocycles. The zero-order chi connectivity index (χ0) is 25.8. The number of anilines is 1. The third-order valence-corrected chi connectivity index (χ3v) is 9.16. The average molecular weight is 569 g/mol. The fourth-order valence-corrected chi connectivity index (χ4v) is 7.24. The molecule has 2 atom stereocenters. The van der Waals surface area contributed by atoms with Crippen molar-refractivity contribution in [2.45, 2.75) is 22.1 Å². The van der Waals surface area contributed by atoms with E-state index in [1.807, 2.05) is 6.07 Å². The van der Waals surface area contributed by atoms with Crippen molar-refractivity contribution in [3.63, 3.8) is 0 Å². The third-order valence-electron chi connectivity index (χ3n) is 4.97. The molecule has 7 N–H and O–H groups in total. The number of amides is 2. The second kappa shape index (κ2) is 11.5. The summed E-state index contributed by atoms with van der Waals surface area (Å²) in [4.78, 5) is 48.4. The van der Waals surface area contributed by atoms with Crippen molar-refractivity contribution in [2.24, 2.45) is 10.9 Å². The Bertz CT molecular complexity index is 1250. The van der Waals surface area contributed by atoms with E-state index >= 15 is 0 Å². The molecule has 0 bridgehead atoms. The number of β-lactam (4-membered cyclic amide) rings is 1. The van der Waals surface area contributed by atoms with Gasteiger partial charge in [0.2, 0.25) is 11.5 Å². The van der Waals surface area contributed by atoms with Crippen molar-refractivity contribution in [1.82, 2.24) is 24.6 Å². The predicted molar refractivity (Wildman–Crippen MR) is 138 cm³/mol.